The van der Waals surface area contributed by atoms with Gasteiger partial charge in [0, 0.05) is 30.9 Å². The molecule has 0 bridgehead atoms. The molecule has 0 spiro atoms. The Bertz CT molecular complexity index is 544. The van der Waals surface area contributed by atoms with Crippen LogP contribution in [0.3, 0.4) is 0 Å². The summed E-state index contributed by atoms with van der Waals surface area (Å²) in [7, 11) is 1.80. The molecule has 0 aliphatic rings. The van der Waals surface area contributed by atoms with Crippen LogP contribution in [-0.4, -0.2) is 25.3 Å². The molecule has 0 aromatic carbocycles. The van der Waals surface area contributed by atoms with Gasteiger partial charge in [0.1, 0.15) is 6.33 Å². The summed E-state index contributed by atoms with van der Waals surface area (Å²) in [4.78, 5) is 8.12. The van der Waals surface area contributed by atoms with Crippen LogP contribution < -0.4 is 10.1 Å². The molecule has 0 saturated heterocycles. The highest BCUT2D eigenvalue weighted by molar-refractivity contribution is 5.31. The van der Waals surface area contributed by atoms with E-state index in [1.165, 1.54) is 0 Å². The molecule has 2 heterocycles. The summed E-state index contributed by atoms with van der Waals surface area (Å²) in [5.74, 6) is 0.672. The second-order valence-electron chi connectivity index (χ2n) is 5.39. The number of aromatic nitrogens is 4. The van der Waals surface area contributed by atoms with Crippen molar-refractivity contribution in [2.24, 2.45) is 7.05 Å². The highest BCUT2D eigenvalue weighted by Gasteiger charge is 2.12. The first-order chi connectivity index (χ1) is 8.94. The Labute approximate surface area is 112 Å². The van der Waals surface area contributed by atoms with E-state index in [4.69, 9.17) is 4.74 Å². The molecule has 0 saturated carbocycles. The molecule has 0 aliphatic carbocycles. The van der Waals surface area contributed by atoms with E-state index in [0.717, 1.165) is 5.56 Å². The van der Waals surface area contributed by atoms with Crippen LogP contribution in [0.2, 0.25) is 0 Å². The van der Waals surface area contributed by atoms with Gasteiger partial charge in [-0.25, -0.2) is 0 Å². The Hall–Kier alpha value is -1.95. The lowest BCUT2D eigenvalue weighted by Crippen LogP contribution is -2.35. The number of rotatable bonds is 4. The Kier molecular flexibility index (Phi) is 3.80. The van der Waals surface area contributed by atoms with Gasteiger partial charge in [-0.1, -0.05) is 0 Å². The lowest BCUT2D eigenvalue weighted by molar-refractivity contribution is 0.404. The van der Waals surface area contributed by atoms with Gasteiger partial charge >= 0.3 is 6.01 Å². The molecule has 2 aromatic heterocycles. The van der Waals surface area contributed by atoms with Crippen molar-refractivity contribution in [3.05, 3.63) is 30.4 Å². The molecule has 0 aliphatic heterocycles. The molecule has 19 heavy (non-hydrogen) atoms. The van der Waals surface area contributed by atoms with Crippen molar-refractivity contribution >= 4 is 0 Å². The summed E-state index contributed by atoms with van der Waals surface area (Å²) >= 11 is 0. The van der Waals surface area contributed by atoms with Gasteiger partial charge in [-0.3, -0.25) is 9.67 Å². The molecular weight excluding hydrogens is 242 g/mol. The minimum absolute atomic E-state index is 0.0454. The molecule has 0 amide bonds. The fourth-order valence-corrected chi connectivity index (χ4v) is 1.47. The van der Waals surface area contributed by atoms with Crippen molar-refractivity contribution in [1.29, 1.82) is 0 Å². The van der Waals surface area contributed by atoms with Crippen LogP contribution in [0.4, 0.5) is 0 Å². The van der Waals surface area contributed by atoms with E-state index in [1.54, 1.807) is 30.5 Å². The maximum Gasteiger partial charge on any atom is 0.341 e. The van der Waals surface area contributed by atoms with Crippen LogP contribution in [0.25, 0.3) is 0 Å². The third kappa shape index (κ3) is 4.03. The fraction of sp³-hybridized carbons (Fsp3) is 0.462. The van der Waals surface area contributed by atoms with Gasteiger partial charge in [-0.05, 0) is 26.8 Å². The second kappa shape index (κ2) is 5.36. The summed E-state index contributed by atoms with van der Waals surface area (Å²) in [6, 6.07) is 2.25. The smallest absolute Gasteiger partial charge is 0.341 e. The van der Waals surface area contributed by atoms with Gasteiger partial charge in [0.25, 0.3) is 0 Å². The minimum Gasteiger partial charge on any atom is -0.421 e. The highest BCUT2D eigenvalue weighted by Crippen LogP contribution is 2.21. The fourth-order valence-electron chi connectivity index (χ4n) is 1.47. The Morgan fingerprint density at radius 2 is 2.16 bits per heavy atom. The Morgan fingerprint density at radius 3 is 2.79 bits per heavy atom. The molecule has 0 unspecified atom stereocenters. The summed E-state index contributed by atoms with van der Waals surface area (Å²) in [5.41, 5.74) is 1.07. The number of hydrogen-bond donors (Lipinski definition) is 1. The zero-order valence-electron chi connectivity index (χ0n) is 11.7. The van der Waals surface area contributed by atoms with Gasteiger partial charge < -0.3 is 10.1 Å². The van der Waals surface area contributed by atoms with Crippen molar-refractivity contribution in [3.8, 4) is 11.8 Å². The zero-order chi connectivity index (χ0) is 13.9. The Morgan fingerprint density at radius 1 is 1.37 bits per heavy atom. The van der Waals surface area contributed by atoms with E-state index in [2.05, 4.69) is 41.2 Å². The quantitative estimate of drug-likeness (QED) is 0.910. The molecule has 2 aromatic rings. The van der Waals surface area contributed by atoms with Crippen LogP contribution in [0.1, 0.15) is 26.3 Å². The van der Waals surface area contributed by atoms with Crippen LogP contribution in [0.5, 0.6) is 11.8 Å². The molecule has 0 radical (unpaired) electrons. The highest BCUT2D eigenvalue weighted by atomic mass is 16.5. The van der Waals surface area contributed by atoms with Gasteiger partial charge in [-0.15, -0.1) is 5.10 Å². The standard InChI is InChI=1S/C13H19N5O/c1-13(2,3)16-7-10-5-6-14-8-11(10)19-12-15-9-18(4)17-12/h5-6,8-9,16H,7H2,1-4H3. The largest absolute Gasteiger partial charge is 0.421 e. The third-order valence-electron chi connectivity index (χ3n) is 2.46. The average molecular weight is 261 g/mol. The monoisotopic (exact) mass is 261 g/mol. The van der Waals surface area contributed by atoms with Crippen molar-refractivity contribution < 1.29 is 4.74 Å². The van der Waals surface area contributed by atoms with Crippen molar-refractivity contribution in [2.45, 2.75) is 32.9 Å². The van der Waals surface area contributed by atoms with E-state index in [-0.39, 0.29) is 5.54 Å². The molecule has 6 nitrogen and oxygen atoms in total. The van der Waals surface area contributed by atoms with Crippen LogP contribution in [0.15, 0.2) is 24.8 Å². The predicted molar refractivity (Wildman–Crippen MR) is 71.9 cm³/mol. The third-order valence-corrected chi connectivity index (χ3v) is 2.46. The van der Waals surface area contributed by atoms with Gasteiger partial charge in [0.05, 0.1) is 6.20 Å². The topological polar surface area (TPSA) is 64.9 Å². The summed E-state index contributed by atoms with van der Waals surface area (Å²) < 4.78 is 7.25. The first-order valence-electron chi connectivity index (χ1n) is 6.15. The molecule has 102 valence electrons. The van der Waals surface area contributed by atoms with E-state index >= 15 is 0 Å². The number of ether oxygens (including phenoxy) is 1. The SMILES string of the molecule is Cn1cnc(Oc2cnccc2CNC(C)(C)C)n1. The first-order valence-corrected chi connectivity index (χ1v) is 6.15. The second-order valence-corrected chi connectivity index (χ2v) is 5.39. The van der Waals surface area contributed by atoms with Gasteiger partial charge in [-0.2, -0.15) is 4.98 Å². The number of pyridine rings is 1. The lowest BCUT2D eigenvalue weighted by atomic mass is 10.1. The normalized spacial score (nSPS) is 11.6. The predicted octanol–water partition coefficient (Wildman–Crippen LogP) is 1.89. The van der Waals surface area contributed by atoms with Crippen LogP contribution >= 0.6 is 0 Å². The van der Waals surface area contributed by atoms with E-state index in [1.807, 2.05) is 6.07 Å². The molecule has 0 atom stereocenters. The lowest BCUT2D eigenvalue weighted by Gasteiger charge is -2.21. The summed E-state index contributed by atoms with van der Waals surface area (Å²) in [6.45, 7) is 7.06. The van der Waals surface area contributed by atoms with Crippen LogP contribution in [0, 0.1) is 0 Å². The Balaban J connectivity index is 2.12. The van der Waals surface area contributed by atoms with Gasteiger partial charge in [0.2, 0.25) is 0 Å². The van der Waals surface area contributed by atoms with Crippen molar-refractivity contribution in [2.75, 3.05) is 0 Å². The van der Waals surface area contributed by atoms with Crippen LogP contribution in [-0.2, 0) is 13.6 Å². The molecule has 6 heteroatoms. The maximum atomic E-state index is 5.65. The van der Waals surface area contributed by atoms with E-state index in [9.17, 15) is 0 Å². The van der Waals surface area contributed by atoms with E-state index in [0.29, 0.717) is 18.3 Å². The average Bonchev–Trinajstić information content (AvgIpc) is 2.73. The number of nitrogens with one attached hydrogen (secondary N) is 1. The van der Waals surface area contributed by atoms with Crippen molar-refractivity contribution in [3.63, 3.8) is 0 Å². The van der Waals surface area contributed by atoms with Crippen molar-refractivity contribution in [1.82, 2.24) is 25.1 Å². The van der Waals surface area contributed by atoms with E-state index < -0.39 is 0 Å². The number of aryl methyl sites for hydroxylation is 1. The maximum absolute atomic E-state index is 5.65. The zero-order valence-corrected chi connectivity index (χ0v) is 11.7. The summed E-state index contributed by atoms with van der Waals surface area (Å²) in [6.07, 6.45) is 5.02. The minimum atomic E-state index is 0.0454. The molecular formula is C13H19N5O. The molecule has 2 rings (SSSR count). The first kappa shape index (κ1) is 13.5. The van der Waals surface area contributed by atoms with Gasteiger partial charge in [0.15, 0.2) is 5.75 Å². The number of nitrogens with zero attached hydrogens (tertiary/aromatic N) is 4. The number of hydrogen-bond acceptors (Lipinski definition) is 5. The molecule has 1 N–H and O–H groups in total. The summed E-state index contributed by atoms with van der Waals surface area (Å²) in [5, 5.41) is 7.51. The molecule has 0 fully saturated rings.